The number of furan rings is 1. The SMILES string of the molecule is C/C(=C(\C(=N/C(C)c1ccc(-c2cccc3c2oc2ccccc23)cc1)C1CCCCC1)c1ccccc1)C1CCCCC1. The van der Waals surface area contributed by atoms with Gasteiger partial charge in [0.05, 0.1) is 6.04 Å². The summed E-state index contributed by atoms with van der Waals surface area (Å²) in [5.74, 6) is 1.20. The first-order valence-electron chi connectivity index (χ1n) is 17.0. The van der Waals surface area contributed by atoms with E-state index < -0.39 is 0 Å². The minimum Gasteiger partial charge on any atom is -0.455 e. The van der Waals surface area contributed by atoms with Gasteiger partial charge in [-0.3, -0.25) is 4.99 Å². The van der Waals surface area contributed by atoms with Gasteiger partial charge in [0, 0.05) is 33.5 Å². The van der Waals surface area contributed by atoms with Crippen molar-refractivity contribution in [1.29, 1.82) is 0 Å². The predicted molar refractivity (Wildman–Crippen MR) is 187 cm³/mol. The first kappa shape index (κ1) is 28.8. The smallest absolute Gasteiger partial charge is 0.143 e. The fourth-order valence-corrected chi connectivity index (χ4v) is 7.87. The molecule has 0 bridgehead atoms. The lowest BCUT2D eigenvalue weighted by Crippen LogP contribution is -2.23. The molecule has 0 aliphatic heterocycles. The number of rotatable bonds is 7. The molecule has 2 saturated carbocycles. The zero-order chi connectivity index (χ0) is 29.9. The van der Waals surface area contributed by atoms with Crippen LogP contribution in [0, 0.1) is 11.8 Å². The normalized spacial score (nSPS) is 18.5. The summed E-state index contributed by atoms with van der Waals surface area (Å²) in [5, 5.41) is 2.34. The second-order valence-corrected chi connectivity index (χ2v) is 13.2. The maximum Gasteiger partial charge on any atom is 0.143 e. The first-order valence-corrected chi connectivity index (χ1v) is 17.0. The molecule has 0 saturated heterocycles. The first-order chi connectivity index (χ1) is 21.7. The van der Waals surface area contributed by atoms with Crippen LogP contribution in [0.2, 0.25) is 0 Å². The topological polar surface area (TPSA) is 25.5 Å². The minimum atomic E-state index is 0.0841. The quantitative estimate of drug-likeness (QED) is 0.176. The Labute approximate surface area is 262 Å². The summed E-state index contributed by atoms with van der Waals surface area (Å²) in [6, 6.07) is 35.1. The number of hydrogen-bond donors (Lipinski definition) is 0. The van der Waals surface area contributed by atoms with Crippen molar-refractivity contribution in [2.75, 3.05) is 0 Å². The number of hydrogen-bond acceptors (Lipinski definition) is 2. The van der Waals surface area contributed by atoms with Crippen LogP contribution in [-0.4, -0.2) is 5.71 Å². The third-order valence-electron chi connectivity index (χ3n) is 10.4. The Morgan fingerprint density at radius 1 is 0.659 bits per heavy atom. The summed E-state index contributed by atoms with van der Waals surface area (Å²) in [4.78, 5) is 5.68. The van der Waals surface area contributed by atoms with Crippen LogP contribution in [0.25, 0.3) is 38.6 Å². The summed E-state index contributed by atoms with van der Waals surface area (Å²) < 4.78 is 6.35. The van der Waals surface area contributed by atoms with Crippen LogP contribution >= 0.6 is 0 Å². The summed E-state index contributed by atoms with van der Waals surface area (Å²) in [6.07, 6.45) is 13.2. The van der Waals surface area contributed by atoms with Crippen LogP contribution in [0.4, 0.5) is 0 Å². The second-order valence-electron chi connectivity index (χ2n) is 13.2. The third-order valence-corrected chi connectivity index (χ3v) is 10.4. The van der Waals surface area contributed by atoms with Gasteiger partial charge in [-0.25, -0.2) is 0 Å². The van der Waals surface area contributed by atoms with E-state index in [1.54, 1.807) is 5.57 Å². The fourth-order valence-electron chi connectivity index (χ4n) is 7.87. The van der Waals surface area contributed by atoms with Crippen LogP contribution in [0.15, 0.2) is 112 Å². The van der Waals surface area contributed by atoms with Crippen molar-refractivity contribution in [3.63, 3.8) is 0 Å². The maximum absolute atomic E-state index is 6.35. The van der Waals surface area contributed by atoms with Crippen molar-refractivity contribution in [1.82, 2.24) is 0 Å². The molecule has 0 amide bonds. The number of benzene rings is 4. The van der Waals surface area contributed by atoms with E-state index in [-0.39, 0.29) is 6.04 Å². The highest BCUT2D eigenvalue weighted by Gasteiger charge is 2.28. The van der Waals surface area contributed by atoms with Crippen molar-refractivity contribution in [2.45, 2.75) is 84.1 Å². The molecule has 2 aliphatic carbocycles. The lowest BCUT2D eigenvalue weighted by atomic mass is 9.76. The predicted octanol–water partition coefficient (Wildman–Crippen LogP) is 12.4. The van der Waals surface area contributed by atoms with E-state index >= 15 is 0 Å². The molecule has 1 heterocycles. The highest BCUT2D eigenvalue weighted by molar-refractivity contribution is 6.25. The number of allylic oxidation sites excluding steroid dienone is 2. The monoisotopic (exact) mass is 579 g/mol. The summed E-state index contributed by atoms with van der Waals surface area (Å²) >= 11 is 0. The average Bonchev–Trinajstić information content (AvgIpc) is 3.48. The molecule has 1 unspecified atom stereocenters. The lowest BCUT2D eigenvalue weighted by Gasteiger charge is -2.31. The van der Waals surface area contributed by atoms with Gasteiger partial charge in [0.1, 0.15) is 11.2 Å². The Balaban J connectivity index is 1.27. The van der Waals surface area contributed by atoms with Crippen LogP contribution in [0.5, 0.6) is 0 Å². The van der Waals surface area contributed by atoms with E-state index in [1.165, 1.54) is 103 Å². The summed E-state index contributed by atoms with van der Waals surface area (Å²) in [7, 11) is 0. The average molecular weight is 580 g/mol. The molecule has 0 radical (unpaired) electrons. The third kappa shape index (κ3) is 5.80. The van der Waals surface area contributed by atoms with E-state index in [0.717, 1.165) is 16.7 Å². The molecule has 0 spiro atoms. The van der Waals surface area contributed by atoms with E-state index in [1.807, 2.05) is 6.07 Å². The minimum absolute atomic E-state index is 0.0841. The van der Waals surface area contributed by atoms with Crippen molar-refractivity contribution >= 4 is 33.2 Å². The molecule has 1 aromatic heterocycles. The molecule has 2 nitrogen and oxygen atoms in total. The highest BCUT2D eigenvalue weighted by atomic mass is 16.3. The molecule has 7 rings (SSSR count). The molecular formula is C42H45NO. The molecule has 2 heteroatoms. The van der Waals surface area contributed by atoms with Gasteiger partial charge >= 0.3 is 0 Å². The van der Waals surface area contributed by atoms with Crippen LogP contribution in [0.1, 0.15) is 95.2 Å². The van der Waals surface area contributed by atoms with Crippen molar-refractivity contribution in [3.8, 4) is 11.1 Å². The van der Waals surface area contributed by atoms with Crippen LogP contribution < -0.4 is 0 Å². The van der Waals surface area contributed by atoms with Gasteiger partial charge in [-0.1, -0.05) is 135 Å². The van der Waals surface area contributed by atoms with Gasteiger partial charge in [0.2, 0.25) is 0 Å². The van der Waals surface area contributed by atoms with Crippen molar-refractivity contribution in [3.05, 3.63) is 114 Å². The van der Waals surface area contributed by atoms with Crippen molar-refractivity contribution in [2.24, 2.45) is 16.8 Å². The fraction of sp³-hybridized carbons (Fsp3) is 0.357. The second kappa shape index (κ2) is 13.0. The molecule has 2 fully saturated rings. The zero-order valence-corrected chi connectivity index (χ0v) is 26.4. The van der Waals surface area contributed by atoms with E-state index in [2.05, 4.69) is 105 Å². The van der Waals surface area contributed by atoms with Gasteiger partial charge in [0.25, 0.3) is 0 Å². The Kier molecular flexibility index (Phi) is 8.51. The summed E-state index contributed by atoms with van der Waals surface area (Å²) in [6.45, 7) is 4.71. The molecule has 2 aliphatic rings. The van der Waals surface area contributed by atoms with Gasteiger partial charge < -0.3 is 4.42 Å². The van der Waals surface area contributed by atoms with Crippen LogP contribution in [0.3, 0.4) is 0 Å². The van der Waals surface area contributed by atoms with Gasteiger partial charge in [-0.15, -0.1) is 0 Å². The van der Waals surface area contributed by atoms with E-state index in [0.29, 0.717) is 11.8 Å². The highest BCUT2D eigenvalue weighted by Crippen LogP contribution is 2.40. The van der Waals surface area contributed by atoms with E-state index in [9.17, 15) is 0 Å². The Hall–Kier alpha value is -3.91. The Morgan fingerprint density at radius 3 is 2.02 bits per heavy atom. The number of nitrogens with zero attached hydrogens (tertiary/aromatic N) is 1. The standard InChI is InChI=1S/C42H45NO/c1-29(31-15-6-3-7-16-31)40(34-17-8-4-9-18-34)41(35-19-10-5-11-20-35)43-30(2)32-25-27-33(28-26-32)36-22-14-23-38-37-21-12-13-24-39(37)44-42(36)38/h4,8-9,12-14,17-18,21-28,30-31,35H,3,5-7,10-11,15-16,19-20H2,1-2H3/b40-29+,43-41-. The molecule has 5 aromatic rings. The largest absolute Gasteiger partial charge is 0.455 e. The number of aliphatic imine (C=N–C) groups is 1. The molecule has 44 heavy (non-hydrogen) atoms. The zero-order valence-electron chi connectivity index (χ0n) is 26.4. The number of para-hydroxylation sites is 2. The molecule has 0 N–H and O–H groups in total. The van der Waals surface area contributed by atoms with E-state index in [4.69, 9.17) is 9.41 Å². The Morgan fingerprint density at radius 2 is 1.30 bits per heavy atom. The maximum atomic E-state index is 6.35. The molecule has 1 atom stereocenters. The van der Waals surface area contributed by atoms with Gasteiger partial charge in [-0.2, -0.15) is 0 Å². The van der Waals surface area contributed by atoms with Crippen molar-refractivity contribution < 1.29 is 4.42 Å². The lowest BCUT2D eigenvalue weighted by molar-refractivity contribution is 0.403. The summed E-state index contributed by atoms with van der Waals surface area (Å²) in [5.41, 5.74) is 11.2. The molecular weight excluding hydrogens is 534 g/mol. The molecule has 4 aromatic carbocycles. The Bertz CT molecular complexity index is 1780. The van der Waals surface area contributed by atoms with Gasteiger partial charge in [0.15, 0.2) is 0 Å². The molecule has 224 valence electrons. The van der Waals surface area contributed by atoms with Gasteiger partial charge in [-0.05, 0) is 68.2 Å². The van der Waals surface area contributed by atoms with Crippen LogP contribution in [-0.2, 0) is 0 Å². The number of fused-ring (bicyclic) bond motifs is 3.